The normalized spacial score (nSPS) is 21.7. The Morgan fingerprint density at radius 3 is 2.50 bits per heavy atom. The van der Waals surface area contributed by atoms with Crippen LogP contribution in [-0.4, -0.2) is 6.04 Å². The third kappa shape index (κ3) is 2.42. The lowest BCUT2D eigenvalue weighted by Gasteiger charge is -2.20. The lowest BCUT2D eigenvalue weighted by Crippen LogP contribution is -2.30. The highest BCUT2D eigenvalue weighted by atomic mass is 15.0. The Labute approximate surface area is 109 Å². The van der Waals surface area contributed by atoms with Crippen LogP contribution in [0.15, 0.2) is 24.3 Å². The number of hydrogen-bond donors (Lipinski definition) is 1. The van der Waals surface area contributed by atoms with Crippen LogP contribution in [0.2, 0.25) is 0 Å². The molecule has 2 nitrogen and oxygen atoms in total. The van der Waals surface area contributed by atoms with Crippen molar-refractivity contribution in [1.82, 2.24) is 5.32 Å². The monoisotopic (exact) mass is 240 g/mol. The van der Waals surface area contributed by atoms with Gasteiger partial charge in [0, 0.05) is 6.04 Å². The van der Waals surface area contributed by atoms with Gasteiger partial charge in [-0.1, -0.05) is 37.1 Å². The van der Waals surface area contributed by atoms with E-state index < -0.39 is 0 Å². The van der Waals surface area contributed by atoms with Crippen LogP contribution in [0.4, 0.5) is 0 Å². The molecule has 1 aromatic rings. The number of nitrogens with zero attached hydrogens (tertiary/aromatic N) is 1. The first-order chi connectivity index (χ1) is 8.88. The van der Waals surface area contributed by atoms with Gasteiger partial charge in [-0.25, -0.2) is 0 Å². The summed E-state index contributed by atoms with van der Waals surface area (Å²) in [6.45, 7) is 0. The Kier molecular flexibility index (Phi) is 3.34. The lowest BCUT2D eigenvalue weighted by atomic mass is 9.97. The lowest BCUT2D eigenvalue weighted by molar-refractivity contribution is 0.490. The molecule has 2 heteroatoms. The third-order valence-electron chi connectivity index (χ3n) is 4.21. The zero-order valence-electron chi connectivity index (χ0n) is 10.7. The highest BCUT2D eigenvalue weighted by Crippen LogP contribution is 2.43. The van der Waals surface area contributed by atoms with Crippen molar-refractivity contribution in [3.8, 4) is 6.07 Å². The number of nitriles is 1. The van der Waals surface area contributed by atoms with Crippen LogP contribution in [0.1, 0.15) is 61.6 Å². The molecule has 2 aliphatic rings. The van der Waals surface area contributed by atoms with E-state index in [0.29, 0.717) is 12.0 Å². The van der Waals surface area contributed by atoms with Gasteiger partial charge in [0.1, 0.15) is 6.04 Å². The smallest absolute Gasteiger partial charge is 0.121 e. The first-order valence-electron chi connectivity index (χ1n) is 7.13. The highest BCUT2D eigenvalue weighted by Gasteiger charge is 2.29. The maximum Gasteiger partial charge on any atom is 0.121 e. The molecule has 0 heterocycles. The average Bonchev–Trinajstić information content (AvgIpc) is 3.14. The molecule has 0 bridgehead atoms. The molecular formula is C16H20N2. The minimum absolute atomic E-state index is 0.120. The molecule has 18 heavy (non-hydrogen) atoms. The standard InChI is InChI=1S/C16H20N2/c17-11-16(18-13-5-1-2-6-13)15-8-4-3-7-14(15)12-9-10-12/h3-4,7-8,12-13,16,18H,1-2,5-6,9-10H2. The van der Waals surface area contributed by atoms with E-state index in [9.17, 15) is 5.26 Å². The van der Waals surface area contributed by atoms with Crippen molar-refractivity contribution in [2.45, 2.75) is 56.5 Å². The molecule has 0 radical (unpaired) electrons. The highest BCUT2D eigenvalue weighted by molar-refractivity contribution is 5.38. The summed E-state index contributed by atoms with van der Waals surface area (Å²) in [5, 5.41) is 13.0. The minimum atomic E-state index is -0.120. The summed E-state index contributed by atoms with van der Waals surface area (Å²) >= 11 is 0. The summed E-state index contributed by atoms with van der Waals surface area (Å²) < 4.78 is 0. The predicted octanol–water partition coefficient (Wildman–Crippen LogP) is 3.66. The summed E-state index contributed by atoms with van der Waals surface area (Å²) in [5.74, 6) is 0.711. The Balaban J connectivity index is 1.80. The molecule has 0 aromatic heterocycles. The summed E-state index contributed by atoms with van der Waals surface area (Å²) in [5.41, 5.74) is 2.61. The van der Waals surface area contributed by atoms with E-state index in [1.54, 1.807) is 0 Å². The van der Waals surface area contributed by atoms with E-state index in [-0.39, 0.29) is 6.04 Å². The molecule has 2 aliphatic carbocycles. The van der Waals surface area contributed by atoms with Crippen LogP contribution in [0.5, 0.6) is 0 Å². The molecule has 0 spiro atoms. The minimum Gasteiger partial charge on any atom is -0.295 e. The van der Waals surface area contributed by atoms with E-state index in [4.69, 9.17) is 0 Å². The van der Waals surface area contributed by atoms with E-state index in [0.717, 1.165) is 0 Å². The van der Waals surface area contributed by atoms with Crippen molar-refractivity contribution >= 4 is 0 Å². The topological polar surface area (TPSA) is 35.8 Å². The van der Waals surface area contributed by atoms with Gasteiger partial charge in [0.15, 0.2) is 0 Å². The maximum absolute atomic E-state index is 9.45. The fourth-order valence-corrected chi connectivity index (χ4v) is 3.06. The Morgan fingerprint density at radius 1 is 1.11 bits per heavy atom. The molecule has 2 fully saturated rings. The van der Waals surface area contributed by atoms with Gasteiger partial charge < -0.3 is 0 Å². The molecule has 1 unspecified atom stereocenters. The second-order valence-electron chi connectivity index (χ2n) is 5.61. The van der Waals surface area contributed by atoms with Crippen molar-refractivity contribution in [2.24, 2.45) is 0 Å². The predicted molar refractivity (Wildman–Crippen MR) is 72.2 cm³/mol. The summed E-state index contributed by atoms with van der Waals surface area (Å²) in [7, 11) is 0. The molecule has 0 amide bonds. The van der Waals surface area contributed by atoms with E-state index in [1.165, 1.54) is 49.7 Å². The Hall–Kier alpha value is -1.33. The van der Waals surface area contributed by atoms with Crippen LogP contribution < -0.4 is 5.32 Å². The molecule has 0 aliphatic heterocycles. The summed E-state index contributed by atoms with van der Waals surface area (Å²) in [6.07, 6.45) is 7.64. The van der Waals surface area contributed by atoms with Gasteiger partial charge in [-0.05, 0) is 42.7 Å². The van der Waals surface area contributed by atoms with Gasteiger partial charge in [0.25, 0.3) is 0 Å². The van der Waals surface area contributed by atoms with Gasteiger partial charge in [-0.15, -0.1) is 0 Å². The second-order valence-corrected chi connectivity index (χ2v) is 5.61. The van der Waals surface area contributed by atoms with Gasteiger partial charge >= 0.3 is 0 Å². The number of benzene rings is 1. The molecular weight excluding hydrogens is 220 g/mol. The van der Waals surface area contributed by atoms with Crippen molar-refractivity contribution in [1.29, 1.82) is 5.26 Å². The molecule has 94 valence electrons. The Bertz CT molecular complexity index is 450. The van der Waals surface area contributed by atoms with Crippen molar-refractivity contribution in [2.75, 3.05) is 0 Å². The fraction of sp³-hybridized carbons (Fsp3) is 0.562. The fourth-order valence-electron chi connectivity index (χ4n) is 3.06. The van der Waals surface area contributed by atoms with Crippen LogP contribution in [-0.2, 0) is 0 Å². The molecule has 1 N–H and O–H groups in total. The van der Waals surface area contributed by atoms with Crippen molar-refractivity contribution in [3.05, 3.63) is 35.4 Å². The largest absolute Gasteiger partial charge is 0.295 e. The van der Waals surface area contributed by atoms with Crippen molar-refractivity contribution < 1.29 is 0 Å². The number of hydrogen-bond acceptors (Lipinski definition) is 2. The van der Waals surface area contributed by atoms with Gasteiger partial charge in [-0.2, -0.15) is 5.26 Å². The van der Waals surface area contributed by atoms with Crippen LogP contribution in [0, 0.1) is 11.3 Å². The third-order valence-corrected chi connectivity index (χ3v) is 4.21. The van der Waals surface area contributed by atoms with Crippen LogP contribution >= 0.6 is 0 Å². The summed E-state index contributed by atoms with van der Waals surface area (Å²) in [4.78, 5) is 0. The quantitative estimate of drug-likeness (QED) is 0.871. The first-order valence-corrected chi connectivity index (χ1v) is 7.13. The van der Waals surface area contributed by atoms with Crippen LogP contribution in [0.3, 0.4) is 0 Å². The molecule has 0 saturated heterocycles. The van der Waals surface area contributed by atoms with Crippen LogP contribution in [0.25, 0.3) is 0 Å². The van der Waals surface area contributed by atoms with Gasteiger partial charge in [-0.3, -0.25) is 5.32 Å². The summed E-state index contributed by atoms with van der Waals surface area (Å²) in [6, 6.07) is 11.4. The van der Waals surface area contributed by atoms with E-state index >= 15 is 0 Å². The van der Waals surface area contributed by atoms with Gasteiger partial charge in [0.05, 0.1) is 6.07 Å². The number of nitrogens with one attached hydrogen (secondary N) is 1. The molecule has 1 atom stereocenters. The zero-order chi connectivity index (χ0) is 12.4. The van der Waals surface area contributed by atoms with E-state index in [2.05, 4.69) is 35.7 Å². The molecule has 2 saturated carbocycles. The maximum atomic E-state index is 9.45. The second kappa shape index (κ2) is 5.12. The molecule has 1 aromatic carbocycles. The SMILES string of the molecule is N#CC(NC1CCCC1)c1ccccc1C1CC1. The van der Waals surface area contributed by atoms with E-state index in [1.807, 2.05) is 0 Å². The average molecular weight is 240 g/mol. The first kappa shape index (κ1) is 11.7. The molecule has 3 rings (SSSR count). The van der Waals surface area contributed by atoms with Crippen molar-refractivity contribution in [3.63, 3.8) is 0 Å². The number of rotatable bonds is 4. The zero-order valence-corrected chi connectivity index (χ0v) is 10.7. The Morgan fingerprint density at radius 2 is 1.83 bits per heavy atom. The van der Waals surface area contributed by atoms with Gasteiger partial charge in [0.2, 0.25) is 0 Å².